The largest absolute Gasteiger partial charge is 0.472 e. The van der Waals surface area contributed by atoms with Crippen LogP contribution in [0.15, 0.2) is 134 Å². The Morgan fingerprint density at radius 1 is 0.293 bits per heavy atom. The Hall–Kier alpha value is -4.31. The Morgan fingerprint density at radius 2 is 0.545 bits per heavy atom. The number of phosphoric ester groups is 2. The second-order valence-corrected chi connectivity index (χ2v) is 28.3. The molecular weight excluding hydrogens is 1290 g/mol. The number of aliphatic hydroxyl groups excluding tert-OH is 2. The Bertz CT molecular complexity index is 2330. The highest BCUT2D eigenvalue weighted by Crippen LogP contribution is 2.45. The maximum absolute atomic E-state index is 12.9. The van der Waals surface area contributed by atoms with Crippen molar-refractivity contribution in [2.75, 3.05) is 39.6 Å². The van der Waals surface area contributed by atoms with Crippen molar-refractivity contribution in [2.45, 2.75) is 322 Å². The minimum atomic E-state index is -4.94. The normalized spacial score (nSPS) is 14.8. The molecule has 5 unspecified atom stereocenters. The Kier molecular flexibility index (Phi) is 70.2. The maximum Gasteiger partial charge on any atom is 0.472 e. The molecule has 0 aliphatic carbocycles. The predicted octanol–water partition coefficient (Wildman–Crippen LogP) is 22.3. The first-order valence-electron chi connectivity index (χ1n) is 38.5. The first-order chi connectivity index (χ1) is 48.2. The summed E-state index contributed by atoms with van der Waals surface area (Å²) in [6.45, 7) is 2.39. The van der Waals surface area contributed by atoms with Crippen LogP contribution >= 0.6 is 15.6 Å². The van der Waals surface area contributed by atoms with Crippen molar-refractivity contribution in [3.63, 3.8) is 0 Å². The molecule has 0 bridgehead atoms. The van der Waals surface area contributed by atoms with Gasteiger partial charge in [0.25, 0.3) is 0 Å². The number of hydrogen-bond donors (Lipinski definition) is 4. The van der Waals surface area contributed by atoms with E-state index in [2.05, 4.69) is 142 Å². The Balaban J connectivity index is 4.43. The molecule has 0 aliphatic heterocycles. The summed E-state index contributed by atoms with van der Waals surface area (Å²) < 4.78 is 61.0. The third-order valence-electron chi connectivity index (χ3n) is 15.9. The van der Waals surface area contributed by atoms with E-state index in [4.69, 9.17) is 32.3 Å². The van der Waals surface area contributed by atoms with Crippen LogP contribution in [-0.4, -0.2) is 95.9 Å². The number of unbranched alkanes of at least 4 members (excludes halogenated alkanes) is 27. The minimum absolute atomic E-state index is 0.0922. The second kappa shape index (κ2) is 73.4. The first kappa shape index (κ1) is 94.7. The van der Waals surface area contributed by atoms with Crippen molar-refractivity contribution in [1.82, 2.24) is 0 Å². The molecule has 0 amide bonds. The maximum atomic E-state index is 12.9. The number of carbonyl (C=O) groups is 3. The number of esters is 3. The molecule has 568 valence electrons. The summed E-state index contributed by atoms with van der Waals surface area (Å²) in [5.41, 5.74) is 0. The van der Waals surface area contributed by atoms with E-state index < -0.39 is 91.5 Å². The molecule has 18 heteroatoms. The zero-order valence-corrected chi connectivity index (χ0v) is 63.7. The summed E-state index contributed by atoms with van der Waals surface area (Å²) in [7, 11) is -9.80. The van der Waals surface area contributed by atoms with Gasteiger partial charge in [0.15, 0.2) is 6.10 Å². The minimum Gasteiger partial charge on any atom is -0.463 e. The van der Waals surface area contributed by atoms with Crippen LogP contribution in [-0.2, 0) is 55.8 Å². The van der Waals surface area contributed by atoms with Gasteiger partial charge in [0.2, 0.25) is 0 Å². The van der Waals surface area contributed by atoms with E-state index >= 15 is 0 Å². The van der Waals surface area contributed by atoms with Crippen LogP contribution in [0.2, 0.25) is 0 Å². The molecule has 0 rings (SSSR count). The van der Waals surface area contributed by atoms with Crippen LogP contribution in [0.4, 0.5) is 0 Å². The fourth-order valence-corrected chi connectivity index (χ4v) is 11.7. The van der Waals surface area contributed by atoms with Crippen LogP contribution in [0.25, 0.3) is 0 Å². The van der Waals surface area contributed by atoms with E-state index in [9.17, 15) is 43.5 Å². The van der Waals surface area contributed by atoms with Gasteiger partial charge < -0.3 is 34.2 Å². The topological polar surface area (TPSA) is 231 Å². The third-order valence-corrected chi connectivity index (χ3v) is 17.8. The quantitative estimate of drug-likeness (QED) is 0.0146. The third kappa shape index (κ3) is 74.7. The van der Waals surface area contributed by atoms with Crippen molar-refractivity contribution in [3.8, 4) is 0 Å². The summed E-state index contributed by atoms with van der Waals surface area (Å²) >= 11 is 0. The molecule has 0 fully saturated rings. The number of ether oxygens (including phenoxy) is 3. The molecular formula is C81H138O16P2. The fourth-order valence-electron chi connectivity index (χ4n) is 10.1. The second-order valence-electron chi connectivity index (χ2n) is 25.4. The molecule has 4 N–H and O–H groups in total. The van der Waals surface area contributed by atoms with Gasteiger partial charge in [-0.3, -0.25) is 32.5 Å². The van der Waals surface area contributed by atoms with Gasteiger partial charge in [-0.1, -0.05) is 309 Å². The first-order valence-corrected chi connectivity index (χ1v) is 41.5. The number of hydrogen-bond acceptors (Lipinski definition) is 14. The summed E-state index contributed by atoms with van der Waals surface area (Å²) in [6, 6.07) is 0. The summed E-state index contributed by atoms with van der Waals surface area (Å²) in [4.78, 5) is 58.5. The van der Waals surface area contributed by atoms with Gasteiger partial charge in [0.1, 0.15) is 25.4 Å². The van der Waals surface area contributed by atoms with E-state index in [-0.39, 0.29) is 19.3 Å². The van der Waals surface area contributed by atoms with Crippen LogP contribution < -0.4 is 0 Å². The summed E-state index contributed by atoms with van der Waals surface area (Å²) in [6.07, 6.45) is 88.1. The van der Waals surface area contributed by atoms with Crippen molar-refractivity contribution < 1.29 is 75.8 Å². The molecule has 0 aromatic rings. The van der Waals surface area contributed by atoms with E-state index in [1.807, 2.05) is 12.2 Å². The number of allylic oxidation sites excluding steroid dienone is 22. The predicted molar refractivity (Wildman–Crippen MR) is 408 cm³/mol. The highest BCUT2D eigenvalue weighted by molar-refractivity contribution is 7.47. The molecule has 16 nitrogen and oxygen atoms in total. The lowest BCUT2D eigenvalue weighted by Gasteiger charge is -2.21. The van der Waals surface area contributed by atoms with Crippen LogP contribution in [0.5, 0.6) is 0 Å². The van der Waals surface area contributed by atoms with Gasteiger partial charge in [-0.05, 0) is 109 Å². The number of phosphoric acid groups is 2. The number of rotatable bonds is 72. The average Bonchev–Trinajstić information content (AvgIpc) is 1.38. The van der Waals surface area contributed by atoms with Crippen LogP contribution in [0.1, 0.15) is 303 Å². The van der Waals surface area contributed by atoms with E-state index in [0.29, 0.717) is 25.7 Å². The summed E-state index contributed by atoms with van der Waals surface area (Å²) in [5.74, 6) is -1.64. The molecule has 0 spiro atoms. The van der Waals surface area contributed by atoms with Gasteiger partial charge in [-0.25, -0.2) is 9.13 Å². The highest BCUT2D eigenvalue weighted by atomic mass is 31.2. The fraction of sp³-hybridized carbons (Fsp3) is 0.691. The lowest BCUT2D eigenvalue weighted by Crippen LogP contribution is -2.30. The molecule has 0 aromatic heterocycles. The Morgan fingerprint density at radius 3 is 0.889 bits per heavy atom. The van der Waals surface area contributed by atoms with Crippen LogP contribution in [0, 0.1) is 0 Å². The van der Waals surface area contributed by atoms with Gasteiger partial charge in [-0.2, -0.15) is 0 Å². The smallest absolute Gasteiger partial charge is 0.463 e. The van der Waals surface area contributed by atoms with Gasteiger partial charge in [0, 0.05) is 19.3 Å². The van der Waals surface area contributed by atoms with E-state index in [1.165, 1.54) is 116 Å². The van der Waals surface area contributed by atoms with Crippen molar-refractivity contribution >= 4 is 33.6 Å². The summed E-state index contributed by atoms with van der Waals surface area (Å²) in [5, 5.41) is 20.6. The zero-order valence-electron chi connectivity index (χ0n) is 61.9. The molecule has 0 saturated carbocycles. The molecule has 0 radical (unpaired) electrons. The number of aliphatic hydroxyl groups is 2. The van der Waals surface area contributed by atoms with Crippen LogP contribution in [0.3, 0.4) is 0 Å². The molecule has 0 aliphatic rings. The van der Waals surface area contributed by atoms with E-state index in [1.54, 1.807) is 0 Å². The average molecular weight is 1430 g/mol. The molecule has 0 heterocycles. The molecule has 5 atom stereocenters. The molecule has 0 saturated heterocycles. The Labute approximate surface area is 601 Å². The molecule has 0 aromatic carbocycles. The van der Waals surface area contributed by atoms with Gasteiger partial charge in [0.05, 0.1) is 26.4 Å². The van der Waals surface area contributed by atoms with Crippen molar-refractivity contribution in [3.05, 3.63) is 134 Å². The van der Waals surface area contributed by atoms with Gasteiger partial charge in [-0.15, -0.1) is 0 Å². The number of carbonyl (C=O) groups excluding carboxylic acids is 3. The lowest BCUT2D eigenvalue weighted by atomic mass is 10.0. The standard InChI is InChI=1S/C81H138O16P2/c1-4-7-10-13-16-19-22-25-27-29-30-31-32-33-34-35-36-37-38-39-40-41-42-43-44-46-48-50-52-55-58-61-64-67-79(84)91-70-76(82)71-93-98(87,88)94-72-77(83)73-95-99(89,90)96-75-78(97-81(86)69-66-63-60-57-54-49-24-21-18-15-12-9-6-3)74-92-80(85)68-65-62-59-56-53-51-47-45-28-26-23-20-17-14-11-8-5-2/h7-8,10-11,16-17,19-20,25-28,30-31,33-34,36-37,47,51,56,59,76-78,82-83H,4-6,9,12-15,18,21-24,29,32,35,38-46,48-50,52-55,57-58,60-75H2,1-3H3,(H,87,88)(H,89,90)/b10-7-,11-8-,19-16-,20-17-,27-25-,28-26-,31-30-,34-33-,37-36-,51-47-,59-56-. The van der Waals surface area contributed by atoms with Crippen molar-refractivity contribution in [2.24, 2.45) is 0 Å². The van der Waals surface area contributed by atoms with Gasteiger partial charge >= 0.3 is 33.6 Å². The SMILES string of the molecule is CC/C=C\C/C=C\C/C=C\C/C=C\C/C=C\C/C=C\CCCCCCCCCCCCCCCCC(=O)OCC(O)COP(=O)(O)OCC(O)COP(=O)(O)OCC(COC(=O)CCC/C=C\C/C=C\C/C=C\C/C=C\C/C=C\CC)OC(=O)CCCCCCCCCCCCCCC. The lowest BCUT2D eigenvalue weighted by molar-refractivity contribution is -0.161. The highest BCUT2D eigenvalue weighted by Gasteiger charge is 2.29. The molecule has 99 heavy (non-hydrogen) atoms. The zero-order chi connectivity index (χ0) is 72.3. The monoisotopic (exact) mass is 1430 g/mol. The van der Waals surface area contributed by atoms with E-state index in [0.717, 1.165) is 122 Å². The van der Waals surface area contributed by atoms with Crippen molar-refractivity contribution in [1.29, 1.82) is 0 Å².